The Morgan fingerprint density at radius 3 is 2.73 bits per heavy atom. The lowest BCUT2D eigenvalue weighted by molar-refractivity contribution is -0.118. The molecule has 2 aromatic rings. The first-order chi connectivity index (χ1) is 10.7. The largest absolute Gasteiger partial charge is 0.502 e. The second-order valence-electron chi connectivity index (χ2n) is 4.70. The van der Waals surface area contributed by atoms with E-state index in [-0.39, 0.29) is 5.76 Å². The van der Waals surface area contributed by atoms with Gasteiger partial charge in [0.25, 0.3) is 5.91 Å². The number of nitrogens with zero attached hydrogens (tertiary/aromatic N) is 2. The van der Waals surface area contributed by atoms with Crippen LogP contribution >= 0.6 is 0 Å². The van der Waals surface area contributed by atoms with Gasteiger partial charge in [0, 0.05) is 12.4 Å². The first kappa shape index (κ1) is 13.9. The van der Waals surface area contributed by atoms with Crippen LogP contribution in [0.4, 0.5) is 5.69 Å². The highest BCUT2D eigenvalue weighted by Gasteiger charge is 2.34. The molecule has 1 aromatic heterocycles. The molecule has 0 radical (unpaired) electrons. The summed E-state index contributed by atoms with van der Waals surface area (Å²) in [7, 11) is 1.53. The van der Waals surface area contributed by atoms with Crippen molar-refractivity contribution < 1.29 is 14.6 Å². The fraction of sp³-hybridized carbons (Fsp3) is 0.125. The van der Waals surface area contributed by atoms with Crippen LogP contribution < -0.4 is 15.0 Å². The summed E-state index contributed by atoms with van der Waals surface area (Å²) in [4.78, 5) is 18.2. The maximum absolute atomic E-state index is 12.5. The van der Waals surface area contributed by atoms with Crippen molar-refractivity contribution in [3.63, 3.8) is 0 Å². The van der Waals surface area contributed by atoms with Gasteiger partial charge in [0.1, 0.15) is 11.9 Å². The average Bonchev–Trinajstić information content (AvgIpc) is 2.58. The highest BCUT2D eigenvalue weighted by molar-refractivity contribution is 6.06. The molecule has 1 aliphatic heterocycles. The number of carbonyl (C=O) groups is 1. The molecule has 2 heterocycles. The summed E-state index contributed by atoms with van der Waals surface area (Å²) in [6.07, 6.45) is 2.41. The molecular formula is C16H15N3O3. The Hall–Kier alpha value is -3.02. The number of amides is 1. The highest BCUT2D eigenvalue weighted by atomic mass is 16.5. The number of hydrogen-bond donors (Lipinski definition) is 2. The number of rotatable bonds is 3. The third-order valence-electron chi connectivity index (χ3n) is 3.39. The van der Waals surface area contributed by atoms with Gasteiger partial charge in [0.05, 0.1) is 18.5 Å². The van der Waals surface area contributed by atoms with Crippen LogP contribution in [0.15, 0.2) is 60.6 Å². The molecule has 1 aliphatic rings. The van der Waals surface area contributed by atoms with Gasteiger partial charge < -0.3 is 15.2 Å². The number of benzene rings is 1. The molecule has 1 atom stereocenters. The highest BCUT2D eigenvalue weighted by Crippen LogP contribution is 2.35. The maximum Gasteiger partial charge on any atom is 0.296 e. The van der Waals surface area contributed by atoms with Gasteiger partial charge in [-0.05, 0) is 24.3 Å². The van der Waals surface area contributed by atoms with Crippen molar-refractivity contribution in [3.05, 3.63) is 66.3 Å². The van der Waals surface area contributed by atoms with Crippen molar-refractivity contribution >= 4 is 11.6 Å². The van der Waals surface area contributed by atoms with Crippen LogP contribution in [0.3, 0.4) is 0 Å². The summed E-state index contributed by atoms with van der Waals surface area (Å²) in [5, 5.41) is 12.8. The minimum atomic E-state index is -0.527. The van der Waals surface area contributed by atoms with E-state index in [1.807, 2.05) is 18.2 Å². The van der Waals surface area contributed by atoms with Gasteiger partial charge in [-0.2, -0.15) is 0 Å². The minimum absolute atomic E-state index is 0.363. The molecule has 3 rings (SSSR count). The topological polar surface area (TPSA) is 74.7 Å². The monoisotopic (exact) mass is 297 g/mol. The molecule has 6 nitrogen and oxygen atoms in total. The lowest BCUT2D eigenvalue weighted by Crippen LogP contribution is -2.46. The zero-order chi connectivity index (χ0) is 15.5. The van der Waals surface area contributed by atoms with E-state index in [9.17, 15) is 9.90 Å². The number of aliphatic hydroxyl groups is 1. The predicted octanol–water partition coefficient (Wildman–Crippen LogP) is 2.12. The molecule has 2 N–H and O–H groups in total. The van der Waals surface area contributed by atoms with E-state index >= 15 is 0 Å². The van der Waals surface area contributed by atoms with Gasteiger partial charge in [-0.15, -0.1) is 0 Å². The summed E-state index contributed by atoms with van der Waals surface area (Å²) in [5.74, 6) is -0.342. The van der Waals surface area contributed by atoms with E-state index in [1.54, 1.807) is 30.5 Å². The molecule has 112 valence electrons. The third kappa shape index (κ3) is 2.35. The fourth-order valence-corrected chi connectivity index (χ4v) is 2.37. The molecule has 0 saturated heterocycles. The molecule has 1 amide bonds. The van der Waals surface area contributed by atoms with Crippen LogP contribution in [0.5, 0.6) is 5.75 Å². The fourth-order valence-electron chi connectivity index (χ4n) is 2.37. The van der Waals surface area contributed by atoms with Crippen LogP contribution in [0.25, 0.3) is 0 Å². The van der Waals surface area contributed by atoms with E-state index in [2.05, 4.69) is 10.3 Å². The molecule has 0 saturated carbocycles. The van der Waals surface area contributed by atoms with Crippen LogP contribution in [-0.4, -0.2) is 23.1 Å². The van der Waals surface area contributed by atoms with Crippen LogP contribution in [-0.2, 0) is 4.79 Å². The van der Waals surface area contributed by atoms with Crippen LogP contribution in [0.2, 0.25) is 0 Å². The van der Waals surface area contributed by atoms with Crippen molar-refractivity contribution in [3.8, 4) is 5.75 Å². The number of methoxy groups -OCH3 is 1. The number of nitrogens with one attached hydrogen (secondary N) is 1. The summed E-state index contributed by atoms with van der Waals surface area (Å²) < 4.78 is 5.32. The molecule has 0 fully saturated rings. The first-order valence-electron chi connectivity index (χ1n) is 6.75. The van der Waals surface area contributed by atoms with Crippen molar-refractivity contribution in [2.75, 3.05) is 12.0 Å². The summed E-state index contributed by atoms with van der Waals surface area (Å²) in [5.41, 5.74) is 1.21. The van der Waals surface area contributed by atoms with E-state index in [0.717, 1.165) is 0 Å². The SMILES string of the molecule is COc1ccccc1N1C(=O)C(O)=CNC1c1ccccn1. The number of ether oxygens (including phenoxy) is 1. The summed E-state index contributed by atoms with van der Waals surface area (Å²) in [6.45, 7) is 0. The Morgan fingerprint density at radius 2 is 2.00 bits per heavy atom. The molecule has 1 unspecified atom stereocenters. The molecular weight excluding hydrogens is 282 g/mol. The quantitative estimate of drug-likeness (QED) is 0.907. The Kier molecular flexibility index (Phi) is 3.65. The number of aliphatic hydroxyl groups excluding tert-OH is 1. The zero-order valence-corrected chi connectivity index (χ0v) is 11.9. The standard InChI is InChI=1S/C16H15N3O3/c1-22-14-8-3-2-7-12(14)19-15(11-6-4-5-9-17-11)18-10-13(20)16(19)21/h2-10,15,18,20H,1H3. The second-order valence-corrected chi connectivity index (χ2v) is 4.70. The maximum atomic E-state index is 12.5. The normalized spacial score (nSPS) is 17.7. The van der Waals surface area contributed by atoms with Crippen molar-refractivity contribution in [1.29, 1.82) is 0 Å². The van der Waals surface area contributed by atoms with Gasteiger partial charge in [-0.3, -0.25) is 14.7 Å². The van der Waals surface area contributed by atoms with Gasteiger partial charge >= 0.3 is 0 Å². The van der Waals surface area contributed by atoms with Crippen LogP contribution in [0.1, 0.15) is 11.9 Å². The molecule has 0 spiro atoms. The van der Waals surface area contributed by atoms with Crippen LogP contribution in [0, 0.1) is 0 Å². The van der Waals surface area contributed by atoms with Gasteiger partial charge in [-0.1, -0.05) is 18.2 Å². The number of hydrogen-bond acceptors (Lipinski definition) is 5. The number of carbonyl (C=O) groups excluding carboxylic acids is 1. The lowest BCUT2D eigenvalue weighted by Gasteiger charge is -2.34. The Labute approximate surface area is 127 Å². The number of anilines is 1. The lowest BCUT2D eigenvalue weighted by atomic mass is 10.1. The van der Waals surface area contributed by atoms with E-state index in [4.69, 9.17) is 4.74 Å². The van der Waals surface area contributed by atoms with Crippen molar-refractivity contribution in [2.24, 2.45) is 0 Å². The van der Waals surface area contributed by atoms with E-state index < -0.39 is 12.1 Å². The molecule has 0 bridgehead atoms. The summed E-state index contributed by atoms with van der Waals surface area (Å²) in [6, 6.07) is 12.6. The Morgan fingerprint density at radius 1 is 1.23 bits per heavy atom. The van der Waals surface area contributed by atoms with Crippen molar-refractivity contribution in [2.45, 2.75) is 6.17 Å². The molecule has 6 heteroatoms. The Balaban J connectivity index is 2.11. The number of pyridine rings is 1. The smallest absolute Gasteiger partial charge is 0.296 e. The summed E-state index contributed by atoms with van der Waals surface area (Å²) >= 11 is 0. The van der Waals surface area contributed by atoms with Gasteiger partial charge in [0.2, 0.25) is 0 Å². The van der Waals surface area contributed by atoms with Gasteiger partial charge in [-0.25, -0.2) is 0 Å². The average molecular weight is 297 g/mol. The minimum Gasteiger partial charge on any atom is -0.502 e. The zero-order valence-electron chi connectivity index (χ0n) is 11.9. The van der Waals surface area contributed by atoms with Crippen molar-refractivity contribution in [1.82, 2.24) is 10.3 Å². The Bertz CT molecular complexity index is 716. The molecule has 1 aromatic carbocycles. The molecule has 22 heavy (non-hydrogen) atoms. The van der Waals surface area contributed by atoms with Gasteiger partial charge in [0.15, 0.2) is 5.76 Å². The third-order valence-corrected chi connectivity index (χ3v) is 3.39. The predicted molar refractivity (Wildman–Crippen MR) is 81.3 cm³/mol. The second kappa shape index (κ2) is 5.77. The van der Waals surface area contributed by atoms with E-state index in [1.165, 1.54) is 18.2 Å². The molecule has 0 aliphatic carbocycles. The number of para-hydroxylation sites is 2. The van der Waals surface area contributed by atoms with E-state index in [0.29, 0.717) is 17.1 Å². The number of aromatic nitrogens is 1. The first-order valence-corrected chi connectivity index (χ1v) is 6.75.